The molecule has 1 aromatic rings. The van der Waals surface area contributed by atoms with Gasteiger partial charge in [-0.3, -0.25) is 4.90 Å². The zero-order chi connectivity index (χ0) is 15.5. The number of nitrogens with zero attached hydrogens (tertiary/aromatic N) is 3. The molecule has 2 unspecified atom stereocenters. The van der Waals surface area contributed by atoms with Crippen molar-refractivity contribution < 1.29 is 4.74 Å². The van der Waals surface area contributed by atoms with E-state index in [0.29, 0.717) is 5.95 Å². The quantitative estimate of drug-likeness (QED) is 0.714. The number of aromatic nitrogens is 2. The molecule has 0 amide bonds. The minimum Gasteiger partial charge on any atom is -0.378 e. The van der Waals surface area contributed by atoms with Crippen LogP contribution in [0.3, 0.4) is 0 Å². The lowest BCUT2D eigenvalue weighted by Crippen LogP contribution is -2.34. The summed E-state index contributed by atoms with van der Waals surface area (Å²) in [6.45, 7) is 7.02. The maximum absolute atomic E-state index is 5.90. The summed E-state index contributed by atoms with van der Waals surface area (Å²) in [6.07, 6.45) is 2.01. The van der Waals surface area contributed by atoms with Gasteiger partial charge in [0.2, 0.25) is 5.95 Å². The fourth-order valence-electron chi connectivity index (χ4n) is 3.35. The summed E-state index contributed by atoms with van der Waals surface area (Å²) < 4.78 is 5.64. The van der Waals surface area contributed by atoms with E-state index in [1.807, 2.05) is 0 Å². The lowest BCUT2D eigenvalue weighted by Gasteiger charge is -2.21. The van der Waals surface area contributed by atoms with Crippen LogP contribution in [-0.2, 0) is 17.6 Å². The smallest absolute Gasteiger partial charge is 0.222 e. The standard InChI is InChI=1S/C15H26N6O/c1-3-21-8-12(13(9-21)22-2)18-14-10-4-6-17-7-5-11(10)19-15(16)20-14/h12-13,17H,3-9H2,1-2H3,(H3,16,18,19,20). The summed E-state index contributed by atoms with van der Waals surface area (Å²) >= 11 is 0. The number of hydrogen-bond acceptors (Lipinski definition) is 7. The predicted molar refractivity (Wildman–Crippen MR) is 87.0 cm³/mol. The SMILES string of the molecule is CCN1CC(Nc2nc(N)nc3c2CCNCC3)C(OC)C1. The number of nitrogens with two attached hydrogens (primary N) is 1. The van der Waals surface area contributed by atoms with Crippen molar-refractivity contribution in [2.24, 2.45) is 0 Å². The number of nitrogen functional groups attached to an aromatic ring is 1. The van der Waals surface area contributed by atoms with Gasteiger partial charge in [-0.25, -0.2) is 4.98 Å². The van der Waals surface area contributed by atoms with Crippen LogP contribution in [0.2, 0.25) is 0 Å². The largest absolute Gasteiger partial charge is 0.378 e. The van der Waals surface area contributed by atoms with E-state index in [1.54, 1.807) is 7.11 Å². The maximum Gasteiger partial charge on any atom is 0.222 e. The van der Waals surface area contributed by atoms with E-state index in [2.05, 4.69) is 32.4 Å². The second-order valence-electron chi connectivity index (χ2n) is 5.98. The number of rotatable bonds is 4. The Kier molecular flexibility index (Phi) is 4.75. The molecule has 0 saturated carbocycles. The highest BCUT2D eigenvalue weighted by Gasteiger charge is 2.33. The highest BCUT2D eigenvalue weighted by molar-refractivity contribution is 5.51. The Bertz CT molecular complexity index is 523. The van der Waals surface area contributed by atoms with E-state index in [9.17, 15) is 0 Å². The van der Waals surface area contributed by atoms with Gasteiger partial charge in [-0.2, -0.15) is 4.98 Å². The van der Waals surface area contributed by atoms with E-state index in [1.165, 1.54) is 5.56 Å². The Labute approximate surface area is 131 Å². The summed E-state index contributed by atoms with van der Waals surface area (Å²) in [6, 6.07) is 0.236. The number of ether oxygens (including phenoxy) is 1. The zero-order valence-corrected chi connectivity index (χ0v) is 13.4. The molecular formula is C15H26N6O. The number of likely N-dealkylation sites (N-methyl/N-ethyl adjacent to an activating group) is 1. The second kappa shape index (κ2) is 6.76. The zero-order valence-electron chi connectivity index (χ0n) is 13.4. The van der Waals surface area contributed by atoms with E-state index in [4.69, 9.17) is 10.5 Å². The van der Waals surface area contributed by atoms with Crippen LogP contribution in [-0.4, -0.2) is 66.8 Å². The number of methoxy groups -OCH3 is 1. The van der Waals surface area contributed by atoms with Gasteiger partial charge in [-0.05, 0) is 19.5 Å². The van der Waals surface area contributed by atoms with Crippen molar-refractivity contribution in [2.75, 3.05) is 50.9 Å². The molecule has 3 rings (SSSR count). The molecule has 0 bridgehead atoms. The van der Waals surface area contributed by atoms with Gasteiger partial charge in [0.15, 0.2) is 0 Å². The van der Waals surface area contributed by atoms with Crippen LogP contribution in [0.1, 0.15) is 18.2 Å². The lowest BCUT2D eigenvalue weighted by molar-refractivity contribution is 0.102. The van der Waals surface area contributed by atoms with Crippen molar-refractivity contribution in [2.45, 2.75) is 31.9 Å². The van der Waals surface area contributed by atoms with E-state index < -0.39 is 0 Å². The van der Waals surface area contributed by atoms with Crippen LogP contribution in [0.25, 0.3) is 0 Å². The molecule has 2 atom stereocenters. The first-order valence-corrected chi connectivity index (χ1v) is 8.09. The topological polar surface area (TPSA) is 88.3 Å². The van der Waals surface area contributed by atoms with Crippen molar-refractivity contribution in [3.8, 4) is 0 Å². The predicted octanol–water partition coefficient (Wildman–Crippen LogP) is -0.122. The molecular weight excluding hydrogens is 280 g/mol. The molecule has 2 aliphatic heterocycles. The second-order valence-corrected chi connectivity index (χ2v) is 5.98. The minimum absolute atomic E-state index is 0.177. The molecule has 4 N–H and O–H groups in total. The number of anilines is 2. The van der Waals surface area contributed by atoms with Gasteiger partial charge in [0.1, 0.15) is 5.82 Å². The van der Waals surface area contributed by atoms with Gasteiger partial charge >= 0.3 is 0 Å². The van der Waals surface area contributed by atoms with Gasteiger partial charge in [-0.15, -0.1) is 0 Å². The molecule has 2 aliphatic rings. The highest BCUT2D eigenvalue weighted by Crippen LogP contribution is 2.24. The van der Waals surface area contributed by atoms with Crippen molar-refractivity contribution in [3.05, 3.63) is 11.3 Å². The number of fused-ring (bicyclic) bond motifs is 1. The first-order valence-electron chi connectivity index (χ1n) is 8.09. The maximum atomic E-state index is 5.90. The molecule has 0 aromatic carbocycles. The van der Waals surface area contributed by atoms with Crippen molar-refractivity contribution >= 4 is 11.8 Å². The molecule has 0 radical (unpaired) electrons. The summed E-state index contributed by atoms with van der Waals surface area (Å²) in [5, 5.41) is 6.98. The third-order valence-corrected chi connectivity index (χ3v) is 4.61. The Morgan fingerprint density at radius 3 is 2.91 bits per heavy atom. The number of hydrogen-bond donors (Lipinski definition) is 3. The summed E-state index contributed by atoms with van der Waals surface area (Å²) in [5.41, 5.74) is 8.17. The molecule has 122 valence electrons. The van der Waals surface area contributed by atoms with Crippen LogP contribution in [0.5, 0.6) is 0 Å². The van der Waals surface area contributed by atoms with E-state index in [0.717, 1.165) is 57.1 Å². The fraction of sp³-hybridized carbons (Fsp3) is 0.733. The molecule has 3 heterocycles. The van der Waals surface area contributed by atoms with Crippen LogP contribution in [0.4, 0.5) is 11.8 Å². The molecule has 1 saturated heterocycles. The van der Waals surface area contributed by atoms with E-state index >= 15 is 0 Å². The summed E-state index contributed by atoms with van der Waals surface area (Å²) in [4.78, 5) is 11.3. The molecule has 0 spiro atoms. The Morgan fingerprint density at radius 1 is 1.32 bits per heavy atom. The van der Waals surface area contributed by atoms with Crippen molar-refractivity contribution in [1.82, 2.24) is 20.2 Å². The van der Waals surface area contributed by atoms with Gasteiger partial charge in [0.05, 0.1) is 17.8 Å². The van der Waals surface area contributed by atoms with Crippen LogP contribution >= 0.6 is 0 Å². The third-order valence-electron chi connectivity index (χ3n) is 4.61. The van der Waals surface area contributed by atoms with Gasteiger partial charge in [0, 0.05) is 38.7 Å². The summed E-state index contributed by atoms with van der Waals surface area (Å²) in [7, 11) is 1.78. The molecule has 7 heteroatoms. The number of likely N-dealkylation sites (tertiary alicyclic amines) is 1. The Balaban J connectivity index is 1.84. The normalized spacial score (nSPS) is 25.7. The molecule has 7 nitrogen and oxygen atoms in total. The van der Waals surface area contributed by atoms with Gasteiger partial charge in [0.25, 0.3) is 0 Å². The fourth-order valence-corrected chi connectivity index (χ4v) is 3.35. The molecule has 0 aliphatic carbocycles. The molecule has 22 heavy (non-hydrogen) atoms. The minimum atomic E-state index is 0.177. The first-order chi connectivity index (χ1) is 10.7. The molecule has 1 fully saturated rings. The van der Waals surface area contributed by atoms with E-state index in [-0.39, 0.29) is 12.1 Å². The van der Waals surface area contributed by atoms with Crippen molar-refractivity contribution in [1.29, 1.82) is 0 Å². The Hall–Kier alpha value is -1.44. The average Bonchev–Trinajstić information content (AvgIpc) is 2.75. The monoisotopic (exact) mass is 306 g/mol. The van der Waals surface area contributed by atoms with Crippen LogP contribution < -0.4 is 16.4 Å². The molecule has 1 aromatic heterocycles. The van der Waals surface area contributed by atoms with Gasteiger partial charge < -0.3 is 21.1 Å². The van der Waals surface area contributed by atoms with Crippen LogP contribution in [0, 0.1) is 0 Å². The summed E-state index contributed by atoms with van der Waals surface area (Å²) in [5.74, 6) is 1.23. The van der Waals surface area contributed by atoms with Crippen molar-refractivity contribution in [3.63, 3.8) is 0 Å². The van der Waals surface area contributed by atoms with Crippen LogP contribution in [0.15, 0.2) is 0 Å². The van der Waals surface area contributed by atoms with Gasteiger partial charge in [-0.1, -0.05) is 6.92 Å². The average molecular weight is 306 g/mol. The first kappa shape index (κ1) is 15.5. The third kappa shape index (κ3) is 3.16. The lowest BCUT2D eigenvalue weighted by atomic mass is 10.1. The highest BCUT2D eigenvalue weighted by atomic mass is 16.5. The number of nitrogens with one attached hydrogen (secondary N) is 2. The Morgan fingerprint density at radius 2 is 2.14 bits per heavy atom.